The van der Waals surface area contributed by atoms with Crippen LogP contribution in [0.15, 0.2) is 288 Å². The molecule has 362 valence electrons. The van der Waals surface area contributed by atoms with Crippen molar-refractivity contribution >= 4 is 87.0 Å². The lowest BCUT2D eigenvalue weighted by molar-refractivity contribution is 0.669. The van der Waals surface area contributed by atoms with E-state index in [1.807, 2.05) is 0 Å². The average molecular weight is 991 g/mol. The van der Waals surface area contributed by atoms with E-state index in [1.165, 1.54) is 82.0 Å². The Morgan fingerprint density at radius 1 is 0.179 bits per heavy atom. The Kier molecular flexibility index (Phi) is 9.98. The third kappa shape index (κ3) is 6.77. The fourth-order valence-corrected chi connectivity index (χ4v) is 12.9. The molecule has 0 aliphatic carbocycles. The Labute approximate surface area is 450 Å². The molecule has 78 heavy (non-hydrogen) atoms. The topological polar surface area (TPSA) is 26.3 Å². The van der Waals surface area contributed by atoms with Crippen molar-refractivity contribution in [1.82, 2.24) is 0 Å². The standard InChI is InChI=1S/C76H46O2/c1-3-20-48(21-4-1)53-35-18-37-66-73-64(36-19-39-68(73)78-75(53)66)71-61-32-13-9-28-57(61)70(58-29-10-14-33-62(58)71)52-25-17-24-51(46-52)47-40-42-49(43-41-47)54-44-45-65(74-63-34-15-16-38-67(63)77-76(54)74)72-59-30-11-7-26-55(59)69(50-22-5-2-6-23-50)56-27-8-12-31-60(56)72/h1-46H. The normalized spacial score (nSPS) is 11.8. The number of benzene rings is 14. The second-order valence-corrected chi connectivity index (χ2v) is 20.5. The van der Waals surface area contributed by atoms with Gasteiger partial charge >= 0.3 is 0 Å². The Morgan fingerprint density at radius 2 is 0.551 bits per heavy atom. The van der Waals surface area contributed by atoms with Crippen molar-refractivity contribution in [2.75, 3.05) is 0 Å². The van der Waals surface area contributed by atoms with Crippen molar-refractivity contribution in [3.8, 4) is 77.9 Å². The number of hydrogen-bond donors (Lipinski definition) is 0. The minimum absolute atomic E-state index is 0.877. The lowest BCUT2D eigenvalue weighted by Gasteiger charge is -2.19. The summed E-state index contributed by atoms with van der Waals surface area (Å²) in [6.07, 6.45) is 0. The first-order valence-electron chi connectivity index (χ1n) is 26.8. The summed E-state index contributed by atoms with van der Waals surface area (Å²) in [6.45, 7) is 0. The zero-order valence-corrected chi connectivity index (χ0v) is 42.4. The molecule has 14 aromatic carbocycles. The molecule has 16 rings (SSSR count). The lowest BCUT2D eigenvalue weighted by Crippen LogP contribution is -1.92. The summed E-state index contributed by atoms with van der Waals surface area (Å²) in [5.74, 6) is 0. The molecule has 0 fully saturated rings. The number of rotatable bonds is 7. The molecule has 2 heterocycles. The van der Waals surface area contributed by atoms with Crippen LogP contribution in [0.4, 0.5) is 0 Å². The second-order valence-electron chi connectivity index (χ2n) is 20.5. The van der Waals surface area contributed by atoms with Crippen LogP contribution in [-0.4, -0.2) is 0 Å². The van der Waals surface area contributed by atoms with Gasteiger partial charge in [0.15, 0.2) is 0 Å². The Balaban J connectivity index is 0.820. The number of para-hydroxylation sites is 2. The largest absolute Gasteiger partial charge is 0.455 e. The van der Waals surface area contributed by atoms with E-state index in [1.54, 1.807) is 0 Å². The molecule has 0 aliphatic heterocycles. The summed E-state index contributed by atoms with van der Waals surface area (Å²) in [4.78, 5) is 0. The fourth-order valence-electron chi connectivity index (χ4n) is 12.9. The first kappa shape index (κ1) is 44.1. The molecule has 0 N–H and O–H groups in total. The van der Waals surface area contributed by atoms with Gasteiger partial charge in [-0.1, -0.05) is 255 Å². The Hall–Kier alpha value is -10.3. The van der Waals surface area contributed by atoms with Crippen molar-refractivity contribution in [3.05, 3.63) is 279 Å². The molecule has 0 bridgehead atoms. The van der Waals surface area contributed by atoms with Crippen LogP contribution < -0.4 is 0 Å². The number of furan rings is 2. The van der Waals surface area contributed by atoms with Crippen LogP contribution in [0.2, 0.25) is 0 Å². The molecule has 2 aromatic heterocycles. The van der Waals surface area contributed by atoms with E-state index in [0.717, 1.165) is 82.8 Å². The molecular weight excluding hydrogens is 945 g/mol. The van der Waals surface area contributed by atoms with Gasteiger partial charge in [-0.05, 0) is 134 Å². The highest BCUT2D eigenvalue weighted by molar-refractivity contribution is 6.28. The third-order valence-electron chi connectivity index (χ3n) is 16.3. The molecular formula is C76H46O2. The highest BCUT2D eigenvalue weighted by Crippen LogP contribution is 2.51. The summed E-state index contributed by atoms with van der Waals surface area (Å²) in [6, 6.07) is 101. The Morgan fingerprint density at radius 3 is 1.17 bits per heavy atom. The average Bonchev–Trinajstić information content (AvgIpc) is 4.24. The van der Waals surface area contributed by atoms with Crippen LogP contribution in [0.25, 0.3) is 165 Å². The molecule has 2 heteroatoms. The van der Waals surface area contributed by atoms with Crippen molar-refractivity contribution < 1.29 is 8.83 Å². The molecule has 0 aliphatic rings. The van der Waals surface area contributed by atoms with Crippen LogP contribution in [0.5, 0.6) is 0 Å². The zero-order chi connectivity index (χ0) is 51.3. The highest BCUT2D eigenvalue weighted by atomic mass is 16.3. The van der Waals surface area contributed by atoms with Gasteiger partial charge in [0.25, 0.3) is 0 Å². The minimum Gasteiger partial charge on any atom is -0.455 e. The molecule has 0 amide bonds. The van der Waals surface area contributed by atoms with Gasteiger partial charge in [-0.25, -0.2) is 0 Å². The summed E-state index contributed by atoms with van der Waals surface area (Å²) in [5.41, 5.74) is 19.9. The van der Waals surface area contributed by atoms with E-state index in [-0.39, 0.29) is 0 Å². The van der Waals surface area contributed by atoms with Gasteiger partial charge in [0.2, 0.25) is 0 Å². The molecule has 0 spiro atoms. The summed E-state index contributed by atoms with van der Waals surface area (Å²) in [5, 5.41) is 14.2. The van der Waals surface area contributed by atoms with Gasteiger partial charge in [-0.15, -0.1) is 0 Å². The fraction of sp³-hybridized carbons (Fsp3) is 0. The van der Waals surface area contributed by atoms with Crippen molar-refractivity contribution in [2.45, 2.75) is 0 Å². The lowest BCUT2D eigenvalue weighted by atomic mass is 9.84. The van der Waals surface area contributed by atoms with E-state index in [0.29, 0.717) is 0 Å². The predicted octanol–water partition coefficient (Wildman–Crippen LogP) is 21.8. The summed E-state index contributed by atoms with van der Waals surface area (Å²) < 4.78 is 13.7. The monoisotopic (exact) mass is 990 g/mol. The van der Waals surface area contributed by atoms with Gasteiger partial charge in [0, 0.05) is 32.7 Å². The van der Waals surface area contributed by atoms with Gasteiger partial charge in [0.05, 0.1) is 0 Å². The van der Waals surface area contributed by atoms with Gasteiger partial charge in [-0.2, -0.15) is 0 Å². The van der Waals surface area contributed by atoms with Crippen LogP contribution >= 0.6 is 0 Å². The molecule has 2 nitrogen and oxygen atoms in total. The molecule has 0 unspecified atom stereocenters. The molecule has 16 aromatic rings. The van der Waals surface area contributed by atoms with E-state index in [9.17, 15) is 0 Å². The molecule has 0 saturated carbocycles. The van der Waals surface area contributed by atoms with Gasteiger partial charge in [0.1, 0.15) is 22.3 Å². The quantitative estimate of drug-likeness (QED) is 0.149. The predicted molar refractivity (Wildman–Crippen MR) is 329 cm³/mol. The third-order valence-corrected chi connectivity index (χ3v) is 16.3. The maximum atomic E-state index is 6.96. The molecule has 0 atom stereocenters. The summed E-state index contributed by atoms with van der Waals surface area (Å²) in [7, 11) is 0. The number of fused-ring (bicyclic) bond motifs is 10. The molecule has 0 radical (unpaired) electrons. The highest BCUT2D eigenvalue weighted by Gasteiger charge is 2.24. The van der Waals surface area contributed by atoms with Crippen molar-refractivity contribution in [1.29, 1.82) is 0 Å². The SMILES string of the molecule is c1ccc(-c2c3ccccc3c(-c3ccc(-c4ccc(-c5cccc(-c6c7ccccc7c(-c7cccc8oc9c(-c%10ccccc%10)cccc9c78)c7ccccc67)c5)cc4)c4oc5ccccc5c34)c3ccccc23)cc1. The molecule has 0 saturated heterocycles. The van der Waals surface area contributed by atoms with Crippen molar-refractivity contribution in [2.24, 2.45) is 0 Å². The van der Waals surface area contributed by atoms with Crippen LogP contribution in [0.3, 0.4) is 0 Å². The van der Waals surface area contributed by atoms with Gasteiger partial charge in [-0.3, -0.25) is 0 Å². The smallest absolute Gasteiger partial charge is 0.143 e. The van der Waals surface area contributed by atoms with E-state index in [4.69, 9.17) is 8.83 Å². The first-order chi connectivity index (χ1) is 38.7. The number of hydrogen-bond acceptors (Lipinski definition) is 2. The van der Waals surface area contributed by atoms with Crippen molar-refractivity contribution in [3.63, 3.8) is 0 Å². The van der Waals surface area contributed by atoms with Crippen LogP contribution in [0, 0.1) is 0 Å². The summed E-state index contributed by atoms with van der Waals surface area (Å²) >= 11 is 0. The Bertz CT molecular complexity index is 4950. The first-order valence-corrected chi connectivity index (χ1v) is 26.8. The second kappa shape index (κ2) is 17.7. The van der Waals surface area contributed by atoms with Crippen LogP contribution in [-0.2, 0) is 0 Å². The van der Waals surface area contributed by atoms with Crippen LogP contribution in [0.1, 0.15) is 0 Å². The van der Waals surface area contributed by atoms with Gasteiger partial charge < -0.3 is 8.83 Å². The minimum atomic E-state index is 0.877. The van der Waals surface area contributed by atoms with E-state index >= 15 is 0 Å². The van der Waals surface area contributed by atoms with E-state index in [2.05, 4.69) is 279 Å². The zero-order valence-electron chi connectivity index (χ0n) is 42.4. The maximum absolute atomic E-state index is 6.96. The maximum Gasteiger partial charge on any atom is 0.143 e. The van der Waals surface area contributed by atoms with E-state index < -0.39 is 0 Å².